The van der Waals surface area contributed by atoms with Gasteiger partial charge in [0.25, 0.3) is 0 Å². The highest BCUT2D eigenvalue weighted by molar-refractivity contribution is 6.08. The smallest absolute Gasteiger partial charge is 0.329 e. The Morgan fingerprint density at radius 2 is 1.54 bits per heavy atom. The quantitative estimate of drug-likeness (QED) is 0.274. The van der Waals surface area contributed by atoms with Crippen molar-refractivity contribution in [3.05, 3.63) is 72.3 Å². The highest BCUT2D eigenvalue weighted by atomic mass is 16.2. The van der Waals surface area contributed by atoms with E-state index < -0.39 is 0 Å². The van der Waals surface area contributed by atoms with Crippen LogP contribution in [0.3, 0.4) is 0 Å². The van der Waals surface area contributed by atoms with Crippen LogP contribution in [0.25, 0.3) is 22.5 Å². The molecule has 2 heterocycles. The Kier molecular flexibility index (Phi) is 7.63. The number of nitrogens with one attached hydrogen (secondary N) is 1. The lowest BCUT2D eigenvalue weighted by Gasteiger charge is -2.33. The third-order valence-electron chi connectivity index (χ3n) is 6.96. The Balaban J connectivity index is 1.61. The van der Waals surface area contributed by atoms with Crippen LogP contribution in [-0.2, 0) is 0 Å². The Labute approximate surface area is 230 Å². The Morgan fingerprint density at radius 3 is 2.18 bits per heavy atom. The van der Waals surface area contributed by atoms with Crippen molar-refractivity contribution in [2.45, 2.75) is 34.6 Å². The Morgan fingerprint density at radius 1 is 0.872 bits per heavy atom. The SMILES string of the molecule is Cc1ccc(N2CCN(c3cc(-c4ccccc4-c4nn[nH]n4)ccc3N(CC(C)C)CC(C)C)C2=O)cc1. The predicted octanol–water partition coefficient (Wildman–Crippen LogP) is 6.41. The summed E-state index contributed by atoms with van der Waals surface area (Å²) in [6.45, 7) is 14.1. The molecule has 0 bridgehead atoms. The number of tetrazole rings is 1. The first-order chi connectivity index (χ1) is 18.8. The van der Waals surface area contributed by atoms with E-state index in [0.717, 1.165) is 46.8 Å². The average Bonchev–Trinajstić information content (AvgIpc) is 3.58. The third kappa shape index (κ3) is 5.65. The van der Waals surface area contributed by atoms with E-state index in [1.54, 1.807) is 0 Å². The number of nitrogens with zero attached hydrogens (tertiary/aromatic N) is 6. The van der Waals surface area contributed by atoms with E-state index in [-0.39, 0.29) is 6.03 Å². The highest BCUT2D eigenvalue weighted by Crippen LogP contribution is 2.39. The molecule has 39 heavy (non-hydrogen) atoms. The molecule has 0 unspecified atom stereocenters. The van der Waals surface area contributed by atoms with Gasteiger partial charge in [-0.15, -0.1) is 10.2 Å². The summed E-state index contributed by atoms with van der Waals surface area (Å²) in [5, 5.41) is 14.8. The number of rotatable bonds is 9. The van der Waals surface area contributed by atoms with E-state index in [0.29, 0.717) is 30.7 Å². The van der Waals surface area contributed by atoms with Gasteiger partial charge < -0.3 is 4.90 Å². The number of aromatic nitrogens is 4. The van der Waals surface area contributed by atoms with Crippen molar-refractivity contribution in [1.29, 1.82) is 0 Å². The number of aromatic amines is 1. The van der Waals surface area contributed by atoms with E-state index in [2.05, 4.69) is 96.5 Å². The number of carbonyl (C=O) groups excluding carboxylic acids is 1. The molecule has 1 aromatic heterocycles. The normalized spacial score (nSPS) is 13.7. The fourth-order valence-electron chi connectivity index (χ4n) is 5.26. The third-order valence-corrected chi connectivity index (χ3v) is 6.96. The van der Waals surface area contributed by atoms with Crippen LogP contribution < -0.4 is 14.7 Å². The van der Waals surface area contributed by atoms with Crippen LogP contribution in [0.2, 0.25) is 0 Å². The van der Waals surface area contributed by atoms with Gasteiger partial charge in [0.1, 0.15) is 0 Å². The number of amides is 2. The molecule has 8 nitrogen and oxygen atoms in total. The van der Waals surface area contributed by atoms with Crippen molar-refractivity contribution in [2.75, 3.05) is 40.9 Å². The minimum absolute atomic E-state index is 0.00208. The Hall–Kier alpha value is -4.20. The molecule has 0 aliphatic carbocycles. The van der Waals surface area contributed by atoms with E-state index in [1.807, 2.05) is 40.1 Å². The minimum Gasteiger partial charge on any atom is -0.369 e. The van der Waals surface area contributed by atoms with Crippen molar-refractivity contribution in [2.24, 2.45) is 11.8 Å². The summed E-state index contributed by atoms with van der Waals surface area (Å²) < 4.78 is 0. The minimum atomic E-state index is -0.00208. The van der Waals surface area contributed by atoms with E-state index in [9.17, 15) is 4.79 Å². The number of aryl methyl sites for hydroxylation is 1. The molecule has 1 aliphatic heterocycles. The monoisotopic (exact) mass is 523 g/mol. The molecule has 0 atom stereocenters. The molecule has 1 aliphatic rings. The van der Waals surface area contributed by atoms with Gasteiger partial charge in [-0.25, -0.2) is 4.79 Å². The molecule has 8 heteroatoms. The lowest BCUT2D eigenvalue weighted by molar-refractivity contribution is 0.256. The van der Waals surface area contributed by atoms with Gasteiger partial charge in [-0.05, 0) is 59.4 Å². The first-order valence-corrected chi connectivity index (χ1v) is 13.7. The number of hydrogen-bond acceptors (Lipinski definition) is 5. The van der Waals surface area contributed by atoms with Crippen LogP contribution >= 0.6 is 0 Å². The van der Waals surface area contributed by atoms with Crippen molar-refractivity contribution < 1.29 is 4.79 Å². The number of carbonyl (C=O) groups is 1. The number of urea groups is 1. The van der Waals surface area contributed by atoms with Crippen molar-refractivity contribution in [1.82, 2.24) is 20.6 Å². The summed E-state index contributed by atoms with van der Waals surface area (Å²) >= 11 is 0. The zero-order valence-corrected chi connectivity index (χ0v) is 23.4. The summed E-state index contributed by atoms with van der Waals surface area (Å²) in [6, 6.07) is 22.7. The molecule has 4 aromatic rings. The number of H-pyrrole nitrogens is 1. The maximum Gasteiger partial charge on any atom is 0.329 e. The lowest BCUT2D eigenvalue weighted by atomic mass is 9.97. The van der Waals surface area contributed by atoms with Crippen molar-refractivity contribution in [3.8, 4) is 22.5 Å². The van der Waals surface area contributed by atoms with Gasteiger partial charge in [0, 0.05) is 37.4 Å². The summed E-state index contributed by atoms with van der Waals surface area (Å²) in [5.74, 6) is 1.50. The molecule has 202 valence electrons. The largest absolute Gasteiger partial charge is 0.369 e. The molecule has 1 saturated heterocycles. The van der Waals surface area contributed by atoms with E-state index in [4.69, 9.17) is 0 Å². The molecule has 1 N–H and O–H groups in total. The van der Waals surface area contributed by atoms with Gasteiger partial charge in [-0.1, -0.05) is 75.7 Å². The number of benzene rings is 3. The lowest BCUT2D eigenvalue weighted by Crippen LogP contribution is -2.35. The van der Waals surface area contributed by atoms with Gasteiger partial charge in [0.15, 0.2) is 0 Å². The zero-order valence-electron chi connectivity index (χ0n) is 23.4. The topological polar surface area (TPSA) is 81.2 Å². The number of hydrogen-bond donors (Lipinski definition) is 1. The fraction of sp³-hybridized carbons (Fsp3) is 0.355. The van der Waals surface area contributed by atoms with Crippen LogP contribution in [0.5, 0.6) is 0 Å². The molecule has 0 radical (unpaired) electrons. The summed E-state index contributed by atoms with van der Waals surface area (Å²) in [6.07, 6.45) is 0. The van der Waals surface area contributed by atoms with Crippen LogP contribution in [0.1, 0.15) is 33.3 Å². The standard InChI is InChI=1S/C31H37N7O/c1-21(2)19-36(20-22(3)4)28-15-12-24(26-8-6-7-9-27(26)30-32-34-35-33-30)18-29(28)38-17-16-37(31(38)39)25-13-10-23(5)11-14-25/h6-15,18,21-22H,16-17,19-20H2,1-5H3,(H,32,33,34,35). The first kappa shape index (κ1) is 26.4. The maximum atomic E-state index is 13.9. The van der Waals surface area contributed by atoms with Gasteiger partial charge in [0.2, 0.25) is 5.82 Å². The van der Waals surface area contributed by atoms with Crippen molar-refractivity contribution in [3.63, 3.8) is 0 Å². The fourth-order valence-corrected chi connectivity index (χ4v) is 5.26. The molecule has 1 fully saturated rings. The second kappa shape index (κ2) is 11.3. The Bertz CT molecular complexity index is 1400. The second-order valence-corrected chi connectivity index (χ2v) is 11.1. The average molecular weight is 524 g/mol. The summed E-state index contributed by atoms with van der Waals surface area (Å²) in [7, 11) is 0. The van der Waals surface area contributed by atoms with Gasteiger partial charge in [-0.3, -0.25) is 9.80 Å². The first-order valence-electron chi connectivity index (χ1n) is 13.7. The molecular formula is C31H37N7O. The number of anilines is 3. The molecule has 3 aromatic carbocycles. The maximum absolute atomic E-state index is 13.9. The van der Waals surface area contributed by atoms with E-state index >= 15 is 0 Å². The molecule has 5 rings (SSSR count). The zero-order chi connectivity index (χ0) is 27.5. The van der Waals surface area contributed by atoms with Gasteiger partial charge in [-0.2, -0.15) is 5.21 Å². The second-order valence-electron chi connectivity index (χ2n) is 11.1. The van der Waals surface area contributed by atoms with Gasteiger partial charge in [0.05, 0.1) is 11.4 Å². The van der Waals surface area contributed by atoms with E-state index in [1.165, 1.54) is 5.56 Å². The molecular weight excluding hydrogens is 486 g/mol. The van der Waals surface area contributed by atoms with Crippen LogP contribution in [0, 0.1) is 18.8 Å². The van der Waals surface area contributed by atoms with Crippen LogP contribution in [0.4, 0.5) is 21.9 Å². The molecule has 2 amide bonds. The molecule has 0 saturated carbocycles. The van der Waals surface area contributed by atoms with Crippen LogP contribution in [-0.4, -0.2) is 52.8 Å². The summed E-state index contributed by atoms with van der Waals surface area (Å²) in [5.41, 5.74) is 7.00. The van der Waals surface area contributed by atoms with Crippen LogP contribution in [0.15, 0.2) is 66.7 Å². The molecule has 0 spiro atoms. The predicted molar refractivity (Wildman–Crippen MR) is 158 cm³/mol. The van der Waals surface area contributed by atoms with Gasteiger partial charge >= 0.3 is 6.03 Å². The highest BCUT2D eigenvalue weighted by Gasteiger charge is 2.33. The summed E-state index contributed by atoms with van der Waals surface area (Å²) in [4.78, 5) is 20.2. The van der Waals surface area contributed by atoms with Crippen molar-refractivity contribution >= 4 is 23.1 Å².